The molecule has 5 heteroatoms. The van der Waals surface area contributed by atoms with E-state index in [1.165, 1.54) is 0 Å². The van der Waals surface area contributed by atoms with Gasteiger partial charge < -0.3 is 19.9 Å². The molecule has 22 heavy (non-hydrogen) atoms. The van der Waals surface area contributed by atoms with Gasteiger partial charge in [-0.15, -0.1) is 0 Å². The van der Waals surface area contributed by atoms with Crippen molar-refractivity contribution in [2.75, 3.05) is 27.3 Å². The zero-order valence-electron chi connectivity index (χ0n) is 13.0. The Labute approximate surface area is 139 Å². The summed E-state index contributed by atoms with van der Waals surface area (Å²) in [7, 11) is 3.32. The van der Waals surface area contributed by atoms with Gasteiger partial charge in [-0.3, -0.25) is 0 Å². The number of allylic oxidation sites excluding steroid dienone is 2. The SMILES string of the molecule is COc1cc(CCNCC2=CCCC=C2O)c(OC)cc1Br. The van der Waals surface area contributed by atoms with Crippen molar-refractivity contribution in [1.82, 2.24) is 5.32 Å². The Morgan fingerprint density at radius 3 is 2.55 bits per heavy atom. The normalized spacial score (nSPS) is 14.3. The van der Waals surface area contributed by atoms with Gasteiger partial charge in [0.15, 0.2) is 0 Å². The second-order valence-electron chi connectivity index (χ2n) is 5.12. The molecular weight excluding hydrogens is 346 g/mol. The summed E-state index contributed by atoms with van der Waals surface area (Å²) in [5, 5.41) is 13.1. The van der Waals surface area contributed by atoms with E-state index in [0.717, 1.165) is 52.9 Å². The van der Waals surface area contributed by atoms with Gasteiger partial charge in [0.2, 0.25) is 0 Å². The number of aliphatic hydroxyl groups excluding tert-OH is 1. The fourth-order valence-corrected chi connectivity index (χ4v) is 2.93. The Morgan fingerprint density at radius 2 is 1.86 bits per heavy atom. The second kappa shape index (κ2) is 8.25. The third-order valence-corrected chi connectivity index (χ3v) is 4.29. The van der Waals surface area contributed by atoms with Gasteiger partial charge in [0.1, 0.15) is 17.3 Å². The third-order valence-electron chi connectivity index (χ3n) is 3.67. The molecular formula is C17H22BrNO3. The molecule has 0 unspecified atom stereocenters. The number of methoxy groups -OCH3 is 2. The first-order valence-electron chi connectivity index (χ1n) is 7.35. The minimum absolute atomic E-state index is 0.404. The van der Waals surface area contributed by atoms with E-state index < -0.39 is 0 Å². The van der Waals surface area contributed by atoms with Crippen molar-refractivity contribution in [2.24, 2.45) is 0 Å². The number of hydrogen-bond donors (Lipinski definition) is 2. The molecule has 0 fully saturated rings. The lowest BCUT2D eigenvalue weighted by molar-refractivity contribution is 0.396. The van der Waals surface area contributed by atoms with Crippen LogP contribution in [0, 0.1) is 0 Å². The number of hydrogen-bond acceptors (Lipinski definition) is 4. The second-order valence-corrected chi connectivity index (χ2v) is 5.98. The average Bonchev–Trinajstić information content (AvgIpc) is 2.53. The smallest absolute Gasteiger partial charge is 0.133 e. The average molecular weight is 368 g/mol. The molecule has 0 bridgehead atoms. The quantitative estimate of drug-likeness (QED) is 0.720. The maximum atomic E-state index is 9.78. The van der Waals surface area contributed by atoms with Crippen LogP contribution in [0.1, 0.15) is 18.4 Å². The Kier molecular flexibility index (Phi) is 6.34. The van der Waals surface area contributed by atoms with Gasteiger partial charge in [-0.2, -0.15) is 0 Å². The number of ether oxygens (including phenoxy) is 2. The number of benzene rings is 1. The molecule has 1 aromatic carbocycles. The van der Waals surface area contributed by atoms with E-state index >= 15 is 0 Å². The van der Waals surface area contributed by atoms with E-state index in [1.807, 2.05) is 18.2 Å². The highest BCUT2D eigenvalue weighted by Crippen LogP contribution is 2.32. The van der Waals surface area contributed by atoms with E-state index in [9.17, 15) is 5.11 Å². The zero-order chi connectivity index (χ0) is 15.9. The zero-order valence-corrected chi connectivity index (χ0v) is 14.6. The lowest BCUT2D eigenvalue weighted by Crippen LogP contribution is -2.21. The van der Waals surface area contributed by atoms with Gasteiger partial charge in [-0.1, -0.05) is 6.08 Å². The standard InChI is InChI=1S/C17H22BrNO3/c1-21-16-10-14(18)17(22-2)9-12(16)7-8-19-11-13-5-3-4-6-15(13)20/h5-6,9-10,19-20H,3-4,7-8,11H2,1-2H3. The highest BCUT2D eigenvalue weighted by atomic mass is 79.9. The Hall–Kier alpha value is -1.46. The van der Waals surface area contributed by atoms with Crippen molar-refractivity contribution >= 4 is 15.9 Å². The molecule has 0 spiro atoms. The summed E-state index contributed by atoms with van der Waals surface area (Å²) < 4.78 is 11.6. The summed E-state index contributed by atoms with van der Waals surface area (Å²) in [6.45, 7) is 1.48. The van der Waals surface area contributed by atoms with Gasteiger partial charge in [0.05, 0.1) is 18.7 Å². The van der Waals surface area contributed by atoms with E-state index in [2.05, 4.69) is 27.3 Å². The maximum absolute atomic E-state index is 9.78. The minimum atomic E-state index is 0.404. The summed E-state index contributed by atoms with van der Waals surface area (Å²) in [6, 6.07) is 3.91. The van der Waals surface area contributed by atoms with Gasteiger partial charge in [0.25, 0.3) is 0 Å². The fraction of sp³-hybridized carbons (Fsp3) is 0.412. The first kappa shape index (κ1) is 16.9. The molecule has 120 valence electrons. The van der Waals surface area contributed by atoms with Crippen LogP contribution in [0.25, 0.3) is 0 Å². The van der Waals surface area contributed by atoms with Crippen LogP contribution in [0.5, 0.6) is 11.5 Å². The lowest BCUT2D eigenvalue weighted by atomic mass is 10.1. The maximum Gasteiger partial charge on any atom is 0.133 e. The molecule has 0 aromatic heterocycles. The molecule has 1 aliphatic rings. The van der Waals surface area contributed by atoms with Gasteiger partial charge in [-0.05, 0) is 65.5 Å². The predicted molar refractivity (Wildman–Crippen MR) is 91.8 cm³/mol. The van der Waals surface area contributed by atoms with Crippen molar-refractivity contribution in [3.05, 3.63) is 45.7 Å². The summed E-state index contributed by atoms with van der Waals surface area (Å²) in [5.41, 5.74) is 2.07. The van der Waals surface area contributed by atoms with Gasteiger partial charge in [0, 0.05) is 12.1 Å². The van der Waals surface area contributed by atoms with Crippen LogP contribution in [0.3, 0.4) is 0 Å². The first-order chi connectivity index (χ1) is 10.7. The number of rotatable bonds is 7. The Bertz CT molecular complexity index is 582. The largest absolute Gasteiger partial charge is 0.508 e. The molecule has 0 radical (unpaired) electrons. The molecule has 0 heterocycles. The first-order valence-corrected chi connectivity index (χ1v) is 8.14. The topological polar surface area (TPSA) is 50.7 Å². The summed E-state index contributed by atoms with van der Waals surface area (Å²) in [4.78, 5) is 0. The molecule has 0 atom stereocenters. The number of nitrogens with one attached hydrogen (secondary N) is 1. The van der Waals surface area contributed by atoms with E-state index in [1.54, 1.807) is 14.2 Å². The van der Waals surface area contributed by atoms with Crippen molar-refractivity contribution < 1.29 is 14.6 Å². The highest BCUT2D eigenvalue weighted by molar-refractivity contribution is 9.10. The van der Waals surface area contributed by atoms with E-state index in [-0.39, 0.29) is 0 Å². The molecule has 0 saturated heterocycles. The van der Waals surface area contributed by atoms with Gasteiger partial charge >= 0.3 is 0 Å². The lowest BCUT2D eigenvalue weighted by Gasteiger charge is -2.14. The van der Waals surface area contributed by atoms with Crippen LogP contribution in [0.15, 0.2) is 40.1 Å². The molecule has 0 amide bonds. The van der Waals surface area contributed by atoms with Crippen LogP contribution in [0.4, 0.5) is 0 Å². The fourth-order valence-electron chi connectivity index (χ4n) is 2.44. The van der Waals surface area contributed by atoms with Gasteiger partial charge in [-0.25, -0.2) is 0 Å². The Morgan fingerprint density at radius 1 is 1.14 bits per heavy atom. The van der Waals surface area contributed by atoms with Crippen LogP contribution in [0.2, 0.25) is 0 Å². The molecule has 1 aromatic rings. The molecule has 0 saturated carbocycles. The molecule has 2 N–H and O–H groups in total. The van der Waals surface area contributed by atoms with Crippen molar-refractivity contribution in [3.8, 4) is 11.5 Å². The molecule has 1 aliphatic carbocycles. The van der Waals surface area contributed by atoms with Crippen molar-refractivity contribution in [1.29, 1.82) is 0 Å². The molecule has 2 rings (SSSR count). The van der Waals surface area contributed by atoms with E-state index in [4.69, 9.17) is 9.47 Å². The molecule has 4 nitrogen and oxygen atoms in total. The van der Waals surface area contributed by atoms with Crippen LogP contribution < -0.4 is 14.8 Å². The van der Waals surface area contributed by atoms with Crippen LogP contribution >= 0.6 is 15.9 Å². The number of aliphatic hydroxyl groups is 1. The van der Waals surface area contributed by atoms with Crippen molar-refractivity contribution in [2.45, 2.75) is 19.3 Å². The van der Waals surface area contributed by atoms with Crippen molar-refractivity contribution in [3.63, 3.8) is 0 Å². The highest BCUT2D eigenvalue weighted by Gasteiger charge is 2.10. The third kappa shape index (κ3) is 4.27. The predicted octanol–water partition coefficient (Wildman–Crippen LogP) is 3.76. The summed E-state index contributed by atoms with van der Waals surface area (Å²) in [5.74, 6) is 2.04. The summed E-state index contributed by atoms with van der Waals surface area (Å²) >= 11 is 3.46. The van der Waals surface area contributed by atoms with Crippen LogP contribution in [-0.4, -0.2) is 32.4 Å². The van der Waals surface area contributed by atoms with E-state index in [0.29, 0.717) is 12.3 Å². The number of halogens is 1. The minimum Gasteiger partial charge on any atom is -0.508 e. The summed E-state index contributed by atoms with van der Waals surface area (Å²) in [6.07, 6.45) is 6.71. The molecule has 0 aliphatic heterocycles. The van der Waals surface area contributed by atoms with Crippen LogP contribution in [-0.2, 0) is 6.42 Å². The monoisotopic (exact) mass is 367 g/mol. The Balaban J connectivity index is 1.91.